The van der Waals surface area contributed by atoms with E-state index in [0.717, 1.165) is 12.5 Å². The maximum Gasteiger partial charge on any atom is 0.0304 e. The molecule has 1 atom stereocenters. The van der Waals surface area contributed by atoms with E-state index in [-0.39, 0.29) is 0 Å². The van der Waals surface area contributed by atoms with E-state index in [4.69, 9.17) is 0 Å². The smallest absolute Gasteiger partial charge is 0.0304 e. The minimum atomic E-state index is 0.330. The quantitative estimate of drug-likeness (QED) is 0.715. The minimum absolute atomic E-state index is 0.330. The number of rotatable bonds is 8. The molecule has 3 heteroatoms. The van der Waals surface area contributed by atoms with Gasteiger partial charge in [-0.2, -0.15) is 11.8 Å². The molecule has 21 heavy (non-hydrogen) atoms. The topological polar surface area (TPSA) is 15.3 Å². The molecule has 0 spiro atoms. The van der Waals surface area contributed by atoms with Crippen LogP contribution in [0.1, 0.15) is 67.2 Å². The van der Waals surface area contributed by atoms with Gasteiger partial charge in [-0.1, -0.05) is 41.5 Å². The Kier molecular flexibility index (Phi) is 7.56. The second kappa shape index (κ2) is 8.21. The summed E-state index contributed by atoms with van der Waals surface area (Å²) in [6.45, 7) is 17.8. The highest BCUT2D eigenvalue weighted by Gasteiger charge is 2.40. The van der Waals surface area contributed by atoms with E-state index >= 15 is 0 Å². The molecule has 1 aliphatic heterocycles. The van der Waals surface area contributed by atoms with Gasteiger partial charge in [0, 0.05) is 36.0 Å². The van der Waals surface area contributed by atoms with Gasteiger partial charge in [-0.3, -0.25) is 4.90 Å². The Bertz CT molecular complexity index is 287. The molecule has 1 fully saturated rings. The predicted molar refractivity (Wildman–Crippen MR) is 98.3 cm³/mol. The highest BCUT2D eigenvalue weighted by atomic mass is 32.2. The molecule has 0 bridgehead atoms. The van der Waals surface area contributed by atoms with Crippen molar-refractivity contribution in [3.8, 4) is 0 Å². The van der Waals surface area contributed by atoms with Gasteiger partial charge in [-0.15, -0.1) is 0 Å². The van der Waals surface area contributed by atoms with Crippen LogP contribution in [0.15, 0.2) is 0 Å². The Morgan fingerprint density at radius 1 is 1.19 bits per heavy atom. The molecule has 0 saturated carbocycles. The van der Waals surface area contributed by atoms with E-state index in [1.807, 2.05) is 0 Å². The van der Waals surface area contributed by atoms with Gasteiger partial charge in [0.25, 0.3) is 0 Å². The molecule has 1 N–H and O–H groups in total. The lowest BCUT2D eigenvalue weighted by Gasteiger charge is -2.51. The third-order valence-corrected chi connectivity index (χ3v) is 7.57. The summed E-state index contributed by atoms with van der Waals surface area (Å²) in [6.07, 6.45) is 7.30. The molecular formula is C18H38N2S. The van der Waals surface area contributed by atoms with Crippen LogP contribution in [-0.2, 0) is 0 Å². The molecule has 0 aromatic rings. The molecule has 1 rings (SSSR count). The highest BCUT2D eigenvalue weighted by Crippen LogP contribution is 2.35. The van der Waals surface area contributed by atoms with Crippen LogP contribution in [0.2, 0.25) is 0 Å². The Hall–Kier alpha value is 0.270. The van der Waals surface area contributed by atoms with Crippen molar-refractivity contribution in [1.82, 2.24) is 10.2 Å². The number of hydrogen-bond donors (Lipinski definition) is 1. The first-order chi connectivity index (χ1) is 9.91. The summed E-state index contributed by atoms with van der Waals surface area (Å²) in [5.74, 6) is 0.720. The van der Waals surface area contributed by atoms with E-state index in [0.29, 0.717) is 16.3 Å². The van der Waals surface area contributed by atoms with E-state index < -0.39 is 0 Å². The van der Waals surface area contributed by atoms with Crippen LogP contribution >= 0.6 is 11.8 Å². The lowest BCUT2D eigenvalue weighted by Crippen LogP contribution is -2.66. The zero-order chi connectivity index (χ0) is 16.1. The normalized spacial score (nSPS) is 23.7. The van der Waals surface area contributed by atoms with Crippen LogP contribution < -0.4 is 5.32 Å². The van der Waals surface area contributed by atoms with Crippen molar-refractivity contribution in [1.29, 1.82) is 0 Å². The van der Waals surface area contributed by atoms with Crippen LogP contribution in [-0.4, -0.2) is 47.1 Å². The van der Waals surface area contributed by atoms with Crippen molar-refractivity contribution >= 4 is 11.8 Å². The summed E-state index contributed by atoms with van der Waals surface area (Å²) < 4.78 is 0.428. The number of nitrogens with one attached hydrogen (secondary N) is 1. The van der Waals surface area contributed by atoms with Crippen molar-refractivity contribution in [2.45, 2.75) is 83.6 Å². The highest BCUT2D eigenvalue weighted by molar-refractivity contribution is 8.00. The standard InChI is InChI=1S/C18H38N2S/c1-8-17(9-2)13-20(16(12-19-17)15(5)6)14-18(10-3,11-4)21-7/h15-16,19H,8-14H2,1-7H3. The van der Waals surface area contributed by atoms with Gasteiger partial charge in [0.1, 0.15) is 0 Å². The van der Waals surface area contributed by atoms with E-state index in [1.165, 1.54) is 38.8 Å². The Morgan fingerprint density at radius 3 is 2.14 bits per heavy atom. The average Bonchev–Trinajstić information content (AvgIpc) is 2.52. The van der Waals surface area contributed by atoms with Gasteiger partial charge in [0.2, 0.25) is 0 Å². The van der Waals surface area contributed by atoms with Gasteiger partial charge in [-0.25, -0.2) is 0 Å². The third kappa shape index (κ3) is 4.39. The van der Waals surface area contributed by atoms with Gasteiger partial charge in [0.05, 0.1) is 0 Å². The minimum Gasteiger partial charge on any atom is -0.308 e. The van der Waals surface area contributed by atoms with Crippen molar-refractivity contribution in [2.24, 2.45) is 5.92 Å². The van der Waals surface area contributed by atoms with E-state index in [1.54, 1.807) is 0 Å². The molecule has 0 aromatic carbocycles. The maximum atomic E-state index is 3.88. The molecule has 1 saturated heterocycles. The van der Waals surface area contributed by atoms with Gasteiger partial charge >= 0.3 is 0 Å². The monoisotopic (exact) mass is 314 g/mol. The second-order valence-electron chi connectivity index (χ2n) is 7.18. The van der Waals surface area contributed by atoms with Gasteiger partial charge in [0.15, 0.2) is 0 Å². The molecule has 0 aromatic heterocycles. The summed E-state index contributed by atoms with van der Waals surface area (Å²) in [5.41, 5.74) is 0.330. The van der Waals surface area contributed by atoms with Crippen LogP contribution in [0, 0.1) is 5.92 Å². The Labute approximate surface area is 137 Å². The zero-order valence-corrected chi connectivity index (χ0v) is 16.3. The number of piperazine rings is 1. The molecule has 0 aliphatic carbocycles. The number of thioether (sulfide) groups is 1. The number of nitrogens with zero attached hydrogens (tertiary/aromatic N) is 1. The fraction of sp³-hybridized carbons (Fsp3) is 1.00. The molecule has 0 amide bonds. The molecular weight excluding hydrogens is 276 g/mol. The first-order valence-electron chi connectivity index (χ1n) is 8.95. The van der Waals surface area contributed by atoms with Gasteiger partial charge < -0.3 is 5.32 Å². The fourth-order valence-electron chi connectivity index (χ4n) is 3.76. The molecule has 0 radical (unpaired) electrons. The summed E-state index contributed by atoms with van der Waals surface area (Å²) in [4.78, 5) is 2.82. The lowest BCUT2D eigenvalue weighted by molar-refractivity contribution is 0.0418. The largest absolute Gasteiger partial charge is 0.308 e. The number of hydrogen-bond acceptors (Lipinski definition) is 3. The second-order valence-corrected chi connectivity index (χ2v) is 8.45. The first kappa shape index (κ1) is 19.3. The summed E-state index contributed by atoms with van der Waals surface area (Å²) in [5, 5.41) is 3.88. The van der Waals surface area contributed by atoms with Gasteiger partial charge in [-0.05, 0) is 37.9 Å². The SMILES string of the molecule is CCC1(CC)CN(CC(CC)(CC)SC)C(C(C)C)CN1. The molecule has 1 heterocycles. The van der Waals surface area contributed by atoms with Crippen molar-refractivity contribution in [3.63, 3.8) is 0 Å². The summed E-state index contributed by atoms with van der Waals surface area (Å²) in [6, 6.07) is 0.681. The molecule has 2 nitrogen and oxygen atoms in total. The van der Waals surface area contributed by atoms with E-state index in [2.05, 4.69) is 69.8 Å². The lowest BCUT2D eigenvalue weighted by atomic mass is 9.85. The average molecular weight is 315 g/mol. The first-order valence-corrected chi connectivity index (χ1v) is 10.2. The van der Waals surface area contributed by atoms with E-state index in [9.17, 15) is 0 Å². The van der Waals surface area contributed by atoms with Crippen LogP contribution in [0.4, 0.5) is 0 Å². The van der Waals surface area contributed by atoms with Crippen LogP contribution in [0.25, 0.3) is 0 Å². The zero-order valence-electron chi connectivity index (χ0n) is 15.5. The maximum absolute atomic E-state index is 3.88. The predicted octanol–water partition coefficient (Wildman–Crippen LogP) is 4.40. The molecule has 1 aliphatic rings. The fourth-order valence-corrected chi connectivity index (χ4v) is 4.64. The summed E-state index contributed by atoms with van der Waals surface area (Å²) >= 11 is 2.08. The van der Waals surface area contributed by atoms with Crippen molar-refractivity contribution in [2.75, 3.05) is 25.9 Å². The van der Waals surface area contributed by atoms with Crippen molar-refractivity contribution in [3.05, 3.63) is 0 Å². The molecule has 1 unspecified atom stereocenters. The molecule has 126 valence electrons. The Balaban J connectivity index is 2.94. The summed E-state index contributed by atoms with van der Waals surface area (Å²) in [7, 11) is 0. The van der Waals surface area contributed by atoms with Crippen LogP contribution in [0.5, 0.6) is 0 Å². The van der Waals surface area contributed by atoms with Crippen molar-refractivity contribution < 1.29 is 0 Å². The van der Waals surface area contributed by atoms with Crippen LogP contribution in [0.3, 0.4) is 0 Å². The Morgan fingerprint density at radius 2 is 1.76 bits per heavy atom. The third-order valence-electron chi connectivity index (χ3n) is 6.00.